The second-order valence-electron chi connectivity index (χ2n) is 8.81. The number of carbonyl (C=O) groups is 1. The minimum atomic E-state index is -0.492. The molecule has 2 aromatic carbocycles. The van der Waals surface area contributed by atoms with Crippen molar-refractivity contribution in [2.24, 2.45) is 11.8 Å². The Balaban J connectivity index is 1.53. The number of anilines is 1. The van der Waals surface area contributed by atoms with E-state index in [1.165, 1.54) is 6.07 Å². The summed E-state index contributed by atoms with van der Waals surface area (Å²) in [6, 6.07) is 10.6. The fraction of sp³-hybridized carbons (Fsp3) is 0.440. The van der Waals surface area contributed by atoms with Crippen LogP contribution < -0.4 is 4.90 Å². The van der Waals surface area contributed by atoms with Gasteiger partial charge in [0, 0.05) is 43.3 Å². The van der Waals surface area contributed by atoms with Crippen molar-refractivity contribution in [1.82, 2.24) is 4.90 Å². The second-order valence-corrected chi connectivity index (χ2v) is 9.22. The molecular formula is C25H26ClF2N3O. The molecule has 2 fully saturated rings. The Labute approximate surface area is 192 Å². The van der Waals surface area contributed by atoms with Crippen LogP contribution in [-0.4, -0.2) is 30.4 Å². The monoisotopic (exact) mass is 457 g/mol. The largest absolute Gasteiger partial charge is 0.367 e. The lowest BCUT2D eigenvalue weighted by Gasteiger charge is -2.29. The summed E-state index contributed by atoms with van der Waals surface area (Å²) in [5, 5.41) is 9.49. The van der Waals surface area contributed by atoms with E-state index < -0.39 is 11.6 Å². The third-order valence-corrected chi connectivity index (χ3v) is 6.90. The van der Waals surface area contributed by atoms with Gasteiger partial charge in [-0.25, -0.2) is 8.78 Å². The van der Waals surface area contributed by atoms with Gasteiger partial charge in [0.2, 0.25) is 5.91 Å². The summed E-state index contributed by atoms with van der Waals surface area (Å²) in [5.74, 6) is -0.335. The van der Waals surface area contributed by atoms with Gasteiger partial charge in [0.1, 0.15) is 17.7 Å². The predicted octanol–water partition coefficient (Wildman–Crippen LogP) is 5.54. The number of amides is 1. The zero-order valence-electron chi connectivity index (χ0n) is 17.9. The van der Waals surface area contributed by atoms with Crippen LogP contribution in [0.15, 0.2) is 36.4 Å². The Morgan fingerprint density at radius 1 is 1.16 bits per heavy atom. The van der Waals surface area contributed by atoms with Crippen LogP contribution in [0.5, 0.6) is 0 Å². The van der Waals surface area contributed by atoms with E-state index in [2.05, 4.69) is 0 Å². The molecule has 2 aromatic rings. The first-order valence-corrected chi connectivity index (χ1v) is 11.5. The average Bonchev–Trinajstić information content (AvgIpc) is 3.48. The quantitative estimate of drug-likeness (QED) is 0.572. The summed E-state index contributed by atoms with van der Waals surface area (Å²) >= 11 is 6.25. The fourth-order valence-corrected chi connectivity index (χ4v) is 5.06. The molecule has 32 heavy (non-hydrogen) atoms. The van der Waals surface area contributed by atoms with Gasteiger partial charge in [-0.1, -0.05) is 24.4 Å². The molecule has 1 atom stereocenters. The topological polar surface area (TPSA) is 47.3 Å². The van der Waals surface area contributed by atoms with Gasteiger partial charge < -0.3 is 9.80 Å². The Kier molecular flexibility index (Phi) is 6.95. The summed E-state index contributed by atoms with van der Waals surface area (Å²) in [6.07, 6.45) is 5.08. The molecule has 0 aromatic heterocycles. The van der Waals surface area contributed by atoms with Gasteiger partial charge in [0.15, 0.2) is 0 Å². The molecule has 1 saturated carbocycles. The fourth-order valence-electron chi connectivity index (χ4n) is 4.85. The molecular weight excluding hydrogens is 432 g/mol. The molecule has 2 aliphatic rings. The molecule has 0 bridgehead atoms. The van der Waals surface area contributed by atoms with Gasteiger partial charge in [-0.15, -0.1) is 0 Å². The number of rotatable bonds is 6. The molecule has 0 N–H and O–H groups in total. The van der Waals surface area contributed by atoms with Gasteiger partial charge in [0.05, 0.1) is 10.6 Å². The third kappa shape index (κ3) is 5.05. The highest BCUT2D eigenvalue weighted by Gasteiger charge is 2.33. The maximum atomic E-state index is 14.4. The first kappa shape index (κ1) is 22.5. The van der Waals surface area contributed by atoms with E-state index in [-0.39, 0.29) is 29.9 Å². The highest BCUT2D eigenvalue weighted by Crippen LogP contribution is 2.31. The Morgan fingerprint density at radius 3 is 2.66 bits per heavy atom. The highest BCUT2D eigenvalue weighted by atomic mass is 35.5. The number of likely N-dealkylation sites (tertiary alicyclic amines) is 1. The normalized spacial score (nSPS) is 18.7. The maximum Gasteiger partial charge on any atom is 0.225 e. The summed E-state index contributed by atoms with van der Waals surface area (Å²) in [5.41, 5.74) is 1.35. The maximum absolute atomic E-state index is 14.4. The number of benzene rings is 2. The van der Waals surface area contributed by atoms with E-state index in [0.29, 0.717) is 23.7 Å². The standard InChI is InChI=1S/C25H26ClF2N3O/c26-23-12-22(7-5-19(23)13-29)31(16-20-11-21(27)6-8-24(20)28)15-17-9-10-30(14-17)25(32)18-3-1-2-4-18/h5-8,11-12,17-18H,1-4,9-10,14-16H2. The molecule has 4 nitrogen and oxygen atoms in total. The van der Waals surface area contributed by atoms with Gasteiger partial charge in [-0.3, -0.25) is 4.79 Å². The molecule has 0 radical (unpaired) electrons. The van der Waals surface area contributed by atoms with Crippen molar-refractivity contribution in [3.63, 3.8) is 0 Å². The summed E-state index contributed by atoms with van der Waals surface area (Å²) < 4.78 is 28.2. The van der Waals surface area contributed by atoms with Crippen molar-refractivity contribution >= 4 is 23.2 Å². The number of halogens is 3. The van der Waals surface area contributed by atoms with Crippen LogP contribution in [0.2, 0.25) is 5.02 Å². The predicted molar refractivity (Wildman–Crippen MR) is 120 cm³/mol. The van der Waals surface area contributed by atoms with Crippen molar-refractivity contribution in [1.29, 1.82) is 5.26 Å². The molecule has 1 amide bonds. The van der Waals surface area contributed by atoms with Gasteiger partial charge >= 0.3 is 0 Å². The van der Waals surface area contributed by atoms with E-state index in [0.717, 1.165) is 56.5 Å². The zero-order chi connectivity index (χ0) is 22.7. The lowest BCUT2D eigenvalue weighted by Crippen LogP contribution is -2.35. The number of nitriles is 1. The lowest BCUT2D eigenvalue weighted by atomic mass is 10.1. The van der Waals surface area contributed by atoms with Gasteiger partial charge in [-0.2, -0.15) is 5.26 Å². The molecule has 1 unspecified atom stereocenters. The van der Waals surface area contributed by atoms with E-state index in [4.69, 9.17) is 11.6 Å². The molecule has 168 valence electrons. The Hall–Kier alpha value is -2.65. The molecule has 1 heterocycles. The first-order chi connectivity index (χ1) is 15.4. The summed E-state index contributed by atoms with van der Waals surface area (Å²) in [4.78, 5) is 16.7. The third-order valence-electron chi connectivity index (χ3n) is 6.59. The highest BCUT2D eigenvalue weighted by molar-refractivity contribution is 6.32. The van der Waals surface area contributed by atoms with Crippen LogP contribution in [0.25, 0.3) is 0 Å². The van der Waals surface area contributed by atoms with Crippen LogP contribution >= 0.6 is 11.6 Å². The molecule has 4 rings (SSSR count). The van der Waals surface area contributed by atoms with Crippen molar-refractivity contribution in [2.45, 2.75) is 38.6 Å². The molecule has 7 heteroatoms. The Morgan fingerprint density at radius 2 is 1.94 bits per heavy atom. The van der Waals surface area contributed by atoms with Crippen LogP contribution in [0.4, 0.5) is 14.5 Å². The van der Waals surface area contributed by atoms with Crippen LogP contribution in [0.3, 0.4) is 0 Å². The number of hydrogen-bond donors (Lipinski definition) is 0. The number of nitrogens with zero attached hydrogens (tertiary/aromatic N) is 3. The zero-order valence-corrected chi connectivity index (χ0v) is 18.6. The summed E-state index contributed by atoms with van der Waals surface area (Å²) in [6.45, 7) is 2.14. The molecule has 1 aliphatic carbocycles. The first-order valence-electron chi connectivity index (χ1n) is 11.1. The van der Waals surface area contributed by atoms with Crippen LogP contribution in [0, 0.1) is 34.8 Å². The SMILES string of the molecule is N#Cc1ccc(N(Cc2cc(F)ccc2F)CC2CCN(C(=O)C3CCCC3)C2)cc1Cl. The molecule has 0 spiro atoms. The smallest absolute Gasteiger partial charge is 0.225 e. The number of carbonyl (C=O) groups excluding carboxylic acids is 1. The van der Waals surface area contributed by atoms with Crippen molar-refractivity contribution in [3.8, 4) is 6.07 Å². The van der Waals surface area contributed by atoms with E-state index in [1.807, 2.05) is 15.9 Å². The lowest BCUT2D eigenvalue weighted by molar-refractivity contribution is -0.134. The van der Waals surface area contributed by atoms with Gasteiger partial charge in [0.25, 0.3) is 0 Å². The Bertz CT molecular complexity index is 1030. The molecule has 1 aliphatic heterocycles. The van der Waals surface area contributed by atoms with E-state index in [1.54, 1.807) is 18.2 Å². The van der Waals surface area contributed by atoms with E-state index in [9.17, 15) is 18.8 Å². The van der Waals surface area contributed by atoms with Crippen LogP contribution in [-0.2, 0) is 11.3 Å². The molecule has 1 saturated heterocycles. The summed E-state index contributed by atoms with van der Waals surface area (Å²) in [7, 11) is 0. The van der Waals surface area contributed by atoms with Crippen LogP contribution in [0.1, 0.15) is 43.2 Å². The van der Waals surface area contributed by atoms with Crippen molar-refractivity contribution in [3.05, 3.63) is 64.2 Å². The van der Waals surface area contributed by atoms with Crippen molar-refractivity contribution in [2.75, 3.05) is 24.5 Å². The minimum absolute atomic E-state index is 0.156. The minimum Gasteiger partial charge on any atom is -0.367 e. The van der Waals surface area contributed by atoms with E-state index >= 15 is 0 Å². The average molecular weight is 458 g/mol. The van der Waals surface area contributed by atoms with Gasteiger partial charge in [-0.05, 0) is 61.6 Å². The number of hydrogen-bond acceptors (Lipinski definition) is 3. The van der Waals surface area contributed by atoms with Crippen molar-refractivity contribution < 1.29 is 13.6 Å². The second kappa shape index (κ2) is 9.87.